The molecule has 0 radical (unpaired) electrons. The highest BCUT2D eigenvalue weighted by atomic mass is 16.5. The molecule has 8 aliphatic rings. The maximum Gasteiger partial charge on any atom is 0.362 e. The normalized spacial score (nSPS) is 37.9. The summed E-state index contributed by atoms with van der Waals surface area (Å²) in [7, 11) is 8.60. The van der Waals surface area contributed by atoms with E-state index >= 15 is 0 Å². The van der Waals surface area contributed by atoms with E-state index < -0.39 is 0 Å². The highest BCUT2D eigenvalue weighted by Crippen LogP contribution is 2.68. The molecule has 0 unspecified atom stereocenters. The van der Waals surface area contributed by atoms with Gasteiger partial charge in [0.25, 0.3) is 0 Å². The Bertz CT molecular complexity index is 2050. The molecular weight excluding hydrogens is 897 g/mol. The highest BCUT2D eigenvalue weighted by Gasteiger charge is 2.59. The molecule has 6 heteroatoms. The molecule has 0 amide bonds. The molecule has 0 spiro atoms. The first kappa shape index (κ1) is 56.5. The van der Waals surface area contributed by atoms with Gasteiger partial charge in [0.2, 0.25) is 0 Å². The summed E-state index contributed by atoms with van der Waals surface area (Å²) in [4.78, 5) is 27.3. The molecule has 0 N–H and O–H groups in total. The number of fused-ring (bicyclic) bond motifs is 10. The Morgan fingerprint density at radius 1 is 0.521 bits per heavy atom. The number of nitrogens with zero attached hydrogens (tertiary/aromatic N) is 2. The third-order valence-electron chi connectivity index (χ3n) is 23.2. The van der Waals surface area contributed by atoms with Crippen molar-refractivity contribution in [3.8, 4) is 0 Å². The lowest BCUT2D eigenvalue weighted by Crippen LogP contribution is -2.50. The van der Waals surface area contributed by atoms with Crippen molar-refractivity contribution in [2.45, 2.75) is 192 Å². The molecule has 8 aliphatic carbocycles. The molecule has 0 heterocycles. The average Bonchev–Trinajstić information content (AvgIpc) is 3.86. The van der Waals surface area contributed by atoms with Gasteiger partial charge in [-0.05, 0) is 170 Å². The molecule has 73 heavy (non-hydrogen) atoms. The Hall–Kier alpha value is -2.70. The van der Waals surface area contributed by atoms with E-state index in [0.29, 0.717) is 92.1 Å². The summed E-state index contributed by atoms with van der Waals surface area (Å²) in [5.41, 5.74) is 7.59. The fraction of sp³-hybridized carbons (Fsp3) is 0.791. The summed E-state index contributed by atoms with van der Waals surface area (Å²) in [6.07, 6.45) is 37.3. The van der Waals surface area contributed by atoms with Crippen LogP contribution < -0.4 is 0 Å². The van der Waals surface area contributed by atoms with Crippen molar-refractivity contribution in [1.82, 2.24) is 0 Å². The number of esters is 2. The van der Waals surface area contributed by atoms with E-state index in [2.05, 4.69) is 160 Å². The van der Waals surface area contributed by atoms with E-state index in [0.717, 1.165) is 69.9 Å². The van der Waals surface area contributed by atoms with E-state index in [1.165, 1.54) is 62.5 Å². The van der Waals surface area contributed by atoms with E-state index in [4.69, 9.17) is 9.47 Å². The smallest absolute Gasteiger partial charge is 0.362 e. The standard InChI is InChI=1S/C67H108N2O4/c1-44(2)46(5)18-20-48(7)56-26-28-58-54-24-22-50-40-52(30-34-64(50,9)60(54)32-36-66(56,58)11)72-62(70)42-68(13,14)38-17-39-69(15,16)43-63(71)73-53-31-35-65(10)51(41-53)23-25-55-59-29-27-57(67(59,12)37-33-61(55)65)49(8)21-19-47(6)45(3)4/h18-25,44-49,52-53,56-61H,17,26-43H2,1-16H3/q+2/t46-,47-,48+,49+,52-,53-,56+,57+,58-,59-,60-,61-,64-,65-,66+,67+/m0/s1. The summed E-state index contributed by atoms with van der Waals surface area (Å²) in [5, 5.41) is 0. The monoisotopic (exact) mass is 1000 g/mol. The number of quaternary nitrogens is 2. The molecule has 0 saturated heterocycles. The predicted octanol–water partition coefficient (Wildman–Crippen LogP) is 15.3. The summed E-state index contributed by atoms with van der Waals surface area (Å²) < 4.78 is 13.8. The number of hydrogen-bond acceptors (Lipinski definition) is 4. The lowest BCUT2D eigenvalue weighted by molar-refractivity contribution is -0.902. The zero-order valence-electron chi connectivity index (χ0n) is 49.7. The van der Waals surface area contributed by atoms with E-state index in [1.807, 2.05) is 0 Å². The molecule has 6 nitrogen and oxygen atoms in total. The molecule has 6 fully saturated rings. The summed E-state index contributed by atoms with van der Waals surface area (Å²) in [6.45, 7) is 31.8. The number of rotatable bonds is 18. The van der Waals surface area contributed by atoms with Crippen LogP contribution in [0.2, 0.25) is 0 Å². The van der Waals surface area contributed by atoms with Gasteiger partial charge in [-0.2, -0.15) is 0 Å². The first-order valence-corrected chi connectivity index (χ1v) is 30.4. The van der Waals surface area contributed by atoms with Crippen LogP contribution in [0.3, 0.4) is 0 Å². The molecule has 8 rings (SSSR count). The second-order valence-corrected chi connectivity index (χ2v) is 29.6. The molecule has 6 saturated carbocycles. The van der Waals surface area contributed by atoms with Crippen LogP contribution in [-0.4, -0.2) is 87.5 Å². The van der Waals surface area contributed by atoms with Gasteiger partial charge < -0.3 is 18.4 Å². The maximum atomic E-state index is 13.6. The van der Waals surface area contributed by atoms with Crippen molar-refractivity contribution in [1.29, 1.82) is 0 Å². The second kappa shape index (κ2) is 21.6. The van der Waals surface area contributed by atoms with Crippen molar-refractivity contribution < 1.29 is 28.0 Å². The minimum atomic E-state index is -0.0811. The minimum Gasteiger partial charge on any atom is -0.458 e. The zero-order valence-corrected chi connectivity index (χ0v) is 49.7. The van der Waals surface area contributed by atoms with Crippen LogP contribution in [0.5, 0.6) is 0 Å². The van der Waals surface area contributed by atoms with Gasteiger partial charge in [0.15, 0.2) is 13.1 Å². The van der Waals surface area contributed by atoms with E-state index in [9.17, 15) is 9.59 Å². The van der Waals surface area contributed by atoms with Crippen molar-refractivity contribution in [3.05, 3.63) is 70.9 Å². The third-order valence-corrected chi connectivity index (χ3v) is 23.2. The average molecular weight is 1010 g/mol. The largest absolute Gasteiger partial charge is 0.458 e. The Balaban J connectivity index is 0.778. The van der Waals surface area contributed by atoms with Gasteiger partial charge in [0.05, 0.1) is 41.3 Å². The van der Waals surface area contributed by atoms with Crippen molar-refractivity contribution >= 4 is 11.9 Å². The molecular formula is C67H108N2O4+2. The van der Waals surface area contributed by atoms with E-state index in [-0.39, 0.29) is 35.0 Å². The minimum absolute atomic E-state index is 0.0425. The molecule has 0 aromatic heterocycles. The van der Waals surface area contributed by atoms with Crippen LogP contribution in [0.25, 0.3) is 0 Å². The first-order valence-electron chi connectivity index (χ1n) is 30.4. The van der Waals surface area contributed by atoms with Crippen LogP contribution in [0.1, 0.15) is 179 Å². The predicted molar refractivity (Wildman–Crippen MR) is 303 cm³/mol. The van der Waals surface area contributed by atoms with Gasteiger partial charge >= 0.3 is 11.9 Å². The number of likely N-dealkylation sites (N-methyl/N-ethyl adjacent to an activating group) is 2. The molecule has 0 aromatic rings. The highest BCUT2D eigenvalue weighted by molar-refractivity contribution is 5.71. The van der Waals surface area contributed by atoms with Crippen LogP contribution >= 0.6 is 0 Å². The van der Waals surface area contributed by atoms with Gasteiger partial charge in [-0.1, -0.05) is 154 Å². The molecule has 0 aliphatic heterocycles. The topological polar surface area (TPSA) is 52.6 Å². The number of carbonyl (C=O) groups excluding carboxylic acids is 2. The van der Waals surface area contributed by atoms with Gasteiger partial charge in [0, 0.05) is 19.3 Å². The number of allylic oxidation sites excluding steroid dienone is 10. The Labute approximate surface area is 447 Å². The Morgan fingerprint density at radius 2 is 0.904 bits per heavy atom. The Morgan fingerprint density at radius 3 is 1.27 bits per heavy atom. The molecule has 0 bridgehead atoms. The second-order valence-electron chi connectivity index (χ2n) is 29.6. The quantitative estimate of drug-likeness (QED) is 0.0780. The van der Waals surface area contributed by atoms with Gasteiger partial charge in [0.1, 0.15) is 12.2 Å². The first-order chi connectivity index (χ1) is 34.2. The molecule has 408 valence electrons. The van der Waals surface area contributed by atoms with Crippen molar-refractivity contribution in [2.24, 2.45) is 92.7 Å². The SMILES string of the molecule is CC(C)[C@@H](C)C=C[C@@H](C)[C@H]1CC[C@H]2C3=CC=C4C[C@@H](OC(=O)C[N+](C)(C)CCC[N+](C)(C)CC(=O)O[C@H]5CC[C@@]6(C)C(=CC=C7[C@@H]8CC[C@H]([C@H](C)C=C[C@H](C)C(C)C)[C@@]8(C)CC[C@@H]76)C5)CC[C@]4(C)[C@H]3CC[C@]12C. The third kappa shape index (κ3) is 11.5. The van der Waals surface area contributed by atoms with Crippen LogP contribution in [0.4, 0.5) is 0 Å². The van der Waals surface area contributed by atoms with Crippen LogP contribution in [0.15, 0.2) is 70.9 Å². The summed E-state index contributed by atoms with van der Waals surface area (Å²) >= 11 is 0. The summed E-state index contributed by atoms with van der Waals surface area (Å²) in [5.74, 6) is 7.82. The fourth-order valence-electron chi connectivity index (χ4n) is 17.6. The van der Waals surface area contributed by atoms with Crippen molar-refractivity contribution in [3.63, 3.8) is 0 Å². The van der Waals surface area contributed by atoms with Gasteiger partial charge in [-0.15, -0.1) is 0 Å². The lowest BCUT2D eigenvalue weighted by Gasteiger charge is -2.55. The molecule has 16 atom stereocenters. The number of carbonyl (C=O) groups is 2. The zero-order chi connectivity index (χ0) is 53.1. The number of ether oxygens (including phenoxy) is 2. The fourth-order valence-corrected chi connectivity index (χ4v) is 17.6. The lowest BCUT2D eigenvalue weighted by atomic mass is 9.50. The van der Waals surface area contributed by atoms with Crippen LogP contribution in [-0.2, 0) is 19.1 Å². The molecule has 0 aromatic carbocycles. The number of hydrogen-bond donors (Lipinski definition) is 0. The van der Waals surface area contributed by atoms with Gasteiger partial charge in [-0.3, -0.25) is 0 Å². The summed E-state index contributed by atoms with van der Waals surface area (Å²) in [6, 6.07) is 0. The van der Waals surface area contributed by atoms with Crippen LogP contribution in [0, 0.1) is 92.7 Å². The maximum absolute atomic E-state index is 13.6. The Kier molecular flexibility index (Phi) is 16.7. The van der Waals surface area contributed by atoms with E-state index in [1.54, 1.807) is 11.1 Å². The van der Waals surface area contributed by atoms with Gasteiger partial charge in [-0.25, -0.2) is 9.59 Å². The van der Waals surface area contributed by atoms with Crippen molar-refractivity contribution in [2.75, 3.05) is 54.4 Å².